The zero-order chi connectivity index (χ0) is 28.3. The zero-order valence-corrected chi connectivity index (χ0v) is 22.2. The summed E-state index contributed by atoms with van der Waals surface area (Å²) in [5, 5.41) is 2.50. The van der Waals surface area contributed by atoms with Crippen molar-refractivity contribution in [3.05, 3.63) is 93.4 Å². The fraction of sp³-hybridized carbons (Fsp3) is 0.296. The first-order chi connectivity index (χ1) is 17.6. The van der Waals surface area contributed by atoms with Crippen LogP contribution in [0.25, 0.3) is 11.1 Å². The van der Waals surface area contributed by atoms with Crippen LogP contribution in [-0.2, 0) is 28.0 Å². The highest BCUT2D eigenvalue weighted by atomic mass is 32.2. The van der Waals surface area contributed by atoms with Gasteiger partial charge in [0.2, 0.25) is 0 Å². The molecule has 0 aliphatic heterocycles. The number of aromatic nitrogens is 1. The molecule has 0 saturated carbocycles. The van der Waals surface area contributed by atoms with Crippen LogP contribution in [0.5, 0.6) is 0 Å². The first-order valence-electron chi connectivity index (χ1n) is 11.6. The molecule has 8 nitrogen and oxygen atoms in total. The average molecular weight is 547 g/mol. The van der Waals surface area contributed by atoms with Gasteiger partial charge in [-0.05, 0) is 62.6 Å². The molecular formula is C27H28F2N2O6S. The lowest BCUT2D eigenvalue weighted by Crippen LogP contribution is -2.41. The largest absolute Gasteiger partial charge is 0.433 e. The van der Waals surface area contributed by atoms with Crippen LogP contribution in [-0.4, -0.2) is 42.1 Å². The van der Waals surface area contributed by atoms with Crippen molar-refractivity contribution in [3.63, 3.8) is 0 Å². The van der Waals surface area contributed by atoms with E-state index in [2.05, 4.69) is 5.32 Å². The minimum Gasteiger partial charge on any atom is -0.433 e. The molecule has 3 aromatic rings. The summed E-state index contributed by atoms with van der Waals surface area (Å²) in [5.41, 5.74) is -0.364. The molecule has 1 heterocycles. The number of nitrogens with zero attached hydrogens (tertiary/aromatic N) is 1. The minimum absolute atomic E-state index is 0.0159. The maximum absolute atomic E-state index is 14.9. The van der Waals surface area contributed by atoms with Gasteiger partial charge >= 0.3 is 6.09 Å². The Labute approximate surface area is 219 Å². The van der Waals surface area contributed by atoms with Crippen molar-refractivity contribution in [2.75, 3.05) is 11.7 Å². The Bertz CT molecular complexity index is 1520. The lowest BCUT2D eigenvalue weighted by Gasteiger charge is -2.19. The zero-order valence-electron chi connectivity index (χ0n) is 21.4. The summed E-state index contributed by atoms with van der Waals surface area (Å²) in [5.74, 6) is -3.09. The van der Waals surface area contributed by atoms with Gasteiger partial charge in [0.05, 0.1) is 5.75 Å². The summed E-state index contributed by atoms with van der Waals surface area (Å²) >= 11 is 0. The van der Waals surface area contributed by atoms with Crippen molar-refractivity contribution in [2.24, 2.45) is 7.05 Å². The van der Waals surface area contributed by atoms with E-state index in [1.807, 2.05) is 0 Å². The third kappa shape index (κ3) is 7.58. The second kappa shape index (κ2) is 11.3. The van der Waals surface area contributed by atoms with E-state index >= 15 is 0 Å². The van der Waals surface area contributed by atoms with E-state index < -0.39 is 50.4 Å². The molecule has 1 amide bonds. The summed E-state index contributed by atoms with van der Waals surface area (Å²) in [6, 6.07) is 10.1. The van der Waals surface area contributed by atoms with Crippen molar-refractivity contribution in [1.82, 2.24) is 9.88 Å². The topological polar surface area (TPSA) is 112 Å². The average Bonchev–Trinajstić information content (AvgIpc) is 2.83. The number of ether oxygens (including phenoxy) is 1. The van der Waals surface area contributed by atoms with Gasteiger partial charge in [-0.15, -0.1) is 0 Å². The van der Waals surface area contributed by atoms with E-state index in [1.54, 1.807) is 20.8 Å². The number of benzene rings is 2. The predicted octanol–water partition coefficient (Wildman–Crippen LogP) is 4.00. The number of carbonyl (C=O) groups excluding carboxylic acids is 2. The lowest BCUT2D eigenvalue weighted by atomic mass is 9.92. The van der Waals surface area contributed by atoms with Crippen LogP contribution < -0.4 is 10.9 Å². The Morgan fingerprint density at radius 3 is 2.29 bits per heavy atom. The monoisotopic (exact) mass is 546 g/mol. The lowest BCUT2D eigenvalue weighted by molar-refractivity contribution is 0.103. The van der Waals surface area contributed by atoms with Crippen molar-refractivity contribution in [2.45, 2.75) is 32.7 Å². The number of ketones is 1. The highest BCUT2D eigenvalue weighted by Crippen LogP contribution is 2.29. The van der Waals surface area contributed by atoms with Gasteiger partial charge in [-0.3, -0.25) is 9.59 Å². The molecule has 2 aromatic carbocycles. The summed E-state index contributed by atoms with van der Waals surface area (Å²) < 4.78 is 59.2. The molecule has 0 radical (unpaired) electrons. The number of halogens is 2. The van der Waals surface area contributed by atoms with E-state index in [4.69, 9.17) is 4.74 Å². The number of hydrogen-bond donors (Lipinski definition) is 1. The molecule has 11 heteroatoms. The van der Waals surface area contributed by atoms with Gasteiger partial charge in [-0.25, -0.2) is 22.0 Å². The van der Waals surface area contributed by atoms with E-state index in [0.29, 0.717) is 5.56 Å². The minimum atomic E-state index is -3.81. The van der Waals surface area contributed by atoms with Crippen LogP contribution >= 0.6 is 0 Å². The number of sulfone groups is 1. The normalized spacial score (nSPS) is 11.7. The van der Waals surface area contributed by atoms with Gasteiger partial charge in [-0.2, -0.15) is 0 Å². The fourth-order valence-corrected chi connectivity index (χ4v) is 4.50. The van der Waals surface area contributed by atoms with E-state index in [-0.39, 0.29) is 34.4 Å². The number of aryl methyl sites for hydroxylation is 2. The Morgan fingerprint density at radius 2 is 1.66 bits per heavy atom. The standard InChI is InChI=1S/C27H28F2N2O6S/c1-27(2,3)30-26(34)37-16-38(35,36)12-11-17-5-10-20(25(33)18-6-8-19(28)9-7-18)21(13-17)22-15-31(4)24(32)14-23(22)29/h5-10,13-15H,11-12,16H2,1-4H3,(H,30,34). The molecule has 0 saturated heterocycles. The molecule has 0 aliphatic rings. The SMILES string of the molecule is Cn1cc(-c2cc(CCS(=O)(=O)COC(=O)NC(C)(C)C)ccc2C(=O)c2ccc(F)cc2)c(F)cc1=O. The van der Waals surface area contributed by atoms with Gasteiger partial charge < -0.3 is 14.6 Å². The number of carbonyl (C=O) groups is 2. The highest BCUT2D eigenvalue weighted by Gasteiger charge is 2.21. The van der Waals surface area contributed by atoms with E-state index in [0.717, 1.165) is 22.8 Å². The number of pyridine rings is 1. The summed E-state index contributed by atoms with van der Waals surface area (Å²) in [6.07, 6.45) is 0.367. The van der Waals surface area contributed by atoms with Gasteiger partial charge in [0.15, 0.2) is 21.6 Å². The van der Waals surface area contributed by atoms with Crippen LogP contribution in [0, 0.1) is 11.6 Å². The fourth-order valence-electron chi connectivity index (χ4n) is 3.55. The summed E-state index contributed by atoms with van der Waals surface area (Å²) in [7, 11) is -2.38. The Kier molecular flexibility index (Phi) is 8.51. The van der Waals surface area contributed by atoms with Crippen LogP contribution in [0.2, 0.25) is 0 Å². The number of nitrogens with one attached hydrogen (secondary N) is 1. The predicted molar refractivity (Wildman–Crippen MR) is 139 cm³/mol. The molecule has 0 unspecified atom stereocenters. The van der Waals surface area contributed by atoms with Gasteiger partial charge in [0, 0.05) is 41.5 Å². The first kappa shape index (κ1) is 28.7. The summed E-state index contributed by atoms with van der Waals surface area (Å²) in [4.78, 5) is 36.9. The molecule has 0 bridgehead atoms. The van der Waals surface area contributed by atoms with Gasteiger partial charge in [0.1, 0.15) is 11.6 Å². The quantitative estimate of drug-likeness (QED) is 0.428. The Hall–Kier alpha value is -3.86. The molecule has 0 aliphatic carbocycles. The molecule has 0 fully saturated rings. The second-order valence-electron chi connectivity index (χ2n) is 9.82. The molecular weight excluding hydrogens is 518 g/mol. The van der Waals surface area contributed by atoms with Gasteiger partial charge in [-0.1, -0.05) is 18.2 Å². The van der Waals surface area contributed by atoms with Crippen molar-refractivity contribution < 1.29 is 31.5 Å². The van der Waals surface area contributed by atoms with Crippen molar-refractivity contribution in [3.8, 4) is 11.1 Å². The third-order valence-corrected chi connectivity index (χ3v) is 6.75. The molecule has 38 heavy (non-hydrogen) atoms. The molecule has 0 atom stereocenters. The van der Waals surface area contributed by atoms with E-state index in [1.165, 1.54) is 43.6 Å². The van der Waals surface area contributed by atoms with E-state index in [9.17, 15) is 31.6 Å². The second-order valence-corrected chi connectivity index (χ2v) is 12.0. The van der Waals surface area contributed by atoms with Crippen LogP contribution in [0.4, 0.5) is 13.6 Å². The van der Waals surface area contributed by atoms with Crippen LogP contribution in [0.1, 0.15) is 42.3 Å². The first-order valence-corrected chi connectivity index (χ1v) is 13.4. The number of alkyl carbamates (subject to hydrolysis) is 1. The van der Waals surface area contributed by atoms with Crippen molar-refractivity contribution in [1.29, 1.82) is 0 Å². The molecule has 0 spiro atoms. The van der Waals surface area contributed by atoms with Gasteiger partial charge in [0.25, 0.3) is 5.56 Å². The smallest absolute Gasteiger partial charge is 0.408 e. The van der Waals surface area contributed by atoms with Crippen LogP contribution in [0.15, 0.2) is 59.5 Å². The maximum Gasteiger partial charge on any atom is 0.408 e. The third-order valence-electron chi connectivity index (χ3n) is 5.45. The van der Waals surface area contributed by atoms with Crippen LogP contribution in [0.3, 0.4) is 0 Å². The number of rotatable bonds is 8. The Balaban J connectivity index is 1.91. The molecule has 202 valence electrons. The van der Waals surface area contributed by atoms with Crippen molar-refractivity contribution >= 4 is 21.7 Å². The highest BCUT2D eigenvalue weighted by molar-refractivity contribution is 7.91. The number of amides is 1. The summed E-state index contributed by atoms with van der Waals surface area (Å²) in [6.45, 7) is 5.16. The molecule has 1 N–H and O–H groups in total. The molecule has 1 aromatic heterocycles. The Morgan fingerprint density at radius 1 is 1.00 bits per heavy atom. The number of hydrogen-bond acceptors (Lipinski definition) is 6. The molecule has 3 rings (SSSR count). The maximum atomic E-state index is 14.9.